The van der Waals surface area contributed by atoms with Gasteiger partial charge in [0.1, 0.15) is 5.75 Å². The van der Waals surface area contributed by atoms with Crippen molar-refractivity contribution in [3.8, 4) is 5.75 Å². The van der Waals surface area contributed by atoms with Crippen molar-refractivity contribution in [1.82, 2.24) is 0 Å². The van der Waals surface area contributed by atoms with Gasteiger partial charge in [0, 0.05) is 16.1 Å². The Bertz CT molecular complexity index is 481. The summed E-state index contributed by atoms with van der Waals surface area (Å²) in [6.07, 6.45) is 2.38. The number of benzene rings is 1. The molecule has 0 saturated carbocycles. The van der Waals surface area contributed by atoms with Crippen molar-refractivity contribution in [3.63, 3.8) is 0 Å². The van der Waals surface area contributed by atoms with E-state index in [1.165, 1.54) is 13.2 Å². The van der Waals surface area contributed by atoms with E-state index in [-0.39, 0.29) is 6.61 Å². The van der Waals surface area contributed by atoms with Crippen LogP contribution in [-0.4, -0.2) is 30.8 Å². The molecule has 6 heteroatoms. The van der Waals surface area contributed by atoms with Crippen molar-refractivity contribution in [3.05, 3.63) is 34.3 Å². The molecule has 1 N–H and O–H groups in total. The molecule has 1 rings (SSSR count). The number of hydrogen-bond donors (Lipinski definition) is 1. The van der Waals surface area contributed by atoms with Gasteiger partial charge in [0.2, 0.25) is 0 Å². The van der Waals surface area contributed by atoms with Crippen LogP contribution in [0.4, 0.5) is 0 Å². The normalized spacial score (nSPS) is 10.3. The van der Waals surface area contributed by atoms with Crippen LogP contribution in [0.3, 0.4) is 0 Å². The van der Waals surface area contributed by atoms with Crippen LogP contribution in [0.2, 0.25) is 0 Å². The number of methoxy groups -OCH3 is 1. The van der Waals surface area contributed by atoms with E-state index < -0.39 is 11.9 Å². The molecule has 0 aliphatic heterocycles. The zero-order valence-electron chi connectivity index (χ0n) is 9.55. The topological polar surface area (TPSA) is 72.8 Å². The van der Waals surface area contributed by atoms with Gasteiger partial charge in [0.05, 0.1) is 7.11 Å². The lowest BCUT2D eigenvalue weighted by Gasteiger charge is -2.08. The van der Waals surface area contributed by atoms with E-state index in [4.69, 9.17) is 9.84 Å². The third-order valence-corrected chi connectivity index (χ3v) is 2.44. The first-order valence-electron chi connectivity index (χ1n) is 4.93. The summed E-state index contributed by atoms with van der Waals surface area (Å²) >= 11 is 3.27. The van der Waals surface area contributed by atoms with E-state index in [1.54, 1.807) is 18.2 Å². The first kappa shape index (κ1) is 14.2. The van der Waals surface area contributed by atoms with E-state index in [9.17, 15) is 9.59 Å². The molecule has 0 aliphatic rings. The van der Waals surface area contributed by atoms with Crippen LogP contribution in [0.1, 0.15) is 5.56 Å². The number of halogens is 1. The molecule has 0 atom stereocenters. The quantitative estimate of drug-likeness (QED) is 0.665. The van der Waals surface area contributed by atoms with Gasteiger partial charge in [-0.2, -0.15) is 0 Å². The molecule has 0 radical (unpaired) electrons. The standard InChI is InChI=1S/C12H11BrO5/c1-17-12(16)7-18-10-4-3-9(13)6-8(10)2-5-11(14)15/h2-6H,7H2,1H3,(H,14,15). The van der Waals surface area contributed by atoms with Gasteiger partial charge in [-0.05, 0) is 24.3 Å². The van der Waals surface area contributed by atoms with Gasteiger partial charge >= 0.3 is 11.9 Å². The van der Waals surface area contributed by atoms with E-state index in [0.29, 0.717) is 11.3 Å². The highest BCUT2D eigenvalue weighted by Gasteiger charge is 2.06. The fraction of sp³-hybridized carbons (Fsp3) is 0.167. The molecule has 0 bridgehead atoms. The average molecular weight is 315 g/mol. The molecular weight excluding hydrogens is 304 g/mol. The Balaban J connectivity index is 2.89. The predicted octanol–water partition coefficient (Wildman–Crippen LogP) is 2.10. The zero-order chi connectivity index (χ0) is 13.5. The Kier molecular flexibility index (Phi) is 5.38. The molecule has 18 heavy (non-hydrogen) atoms. The van der Waals surface area contributed by atoms with Gasteiger partial charge in [-0.25, -0.2) is 9.59 Å². The molecule has 1 aromatic carbocycles. The summed E-state index contributed by atoms with van der Waals surface area (Å²) in [6, 6.07) is 5.05. The first-order chi connectivity index (χ1) is 8.52. The minimum atomic E-state index is -1.06. The molecule has 96 valence electrons. The SMILES string of the molecule is COC(=O)COc1ccc(Br)cc1C=CC(=O)O. The van der Waals surface area contributed by atoms with Gasteiger partial charge in [-0.3, -0.25) is 0 Å². The molecule has 0 spiro atoms. The molecule has 0 aliphatic carbocycles. The Hall–Kier alpha value is -1.82. The summed E-state index contributed by atoms with van der Waals surface area (Å²) in [5.74, 6) is -1.17. The number of carboxylic acids is 1. The van der Waals surface area contributed by atoms with Gasteiger partial charge in [0.25, 0.3) is 0 Å². The van der Waals surface area contributed by atoms with E-state index >= 15 is 0 Å². The number of hydrogen-bond acceptors (Lipinski definition) is 4. The Labute approximate surface area is 112 Å². The molecule has 0 heterocycles. The molecule has 1 aromatic rings. The number of carbonyl (C=O) groups is 2. The van der Waals surface area contributed by atoms with Crippen molar-refractivity contribution in [2.45, 2.75) is 0 Å². The van der Waals surface area contributed by atoms with Crippen LogP contribution < -0.4 is 4.74 Å². The summed E-state index contributed by atoms with van der Waals surface area (Å²) in [5.41, 5.74) is 0.552. The number of carbonyl (C=O) groups excluding carboxylic acids is 1. The average Bonchev–Trinajstić information content (AvgIpc) is 2.34. The van der Waals surface area contributed by atoms with Crippen molar-refractivity contribution in [1.29, 1.82) is 0 Å². The van der Waals surface area contributed by atoms with Crippen molar-refractivity contribution < 1.29 is 24.2 Å². The Morgan fingerprint density at radius 2 is 2.17 bits per heavy atom. The van der Waals surface area contributed by atoms with Gasteiger partial charge in [-0.1, -0.05) is 15.9 Å². The lowest BCUT2D eigenvalue weighted by molar-refractivity contribution is -0.143. The summed E-state index contributed by atoms with van der Waals surface area (Å²) in [7, 11) is 1.26. The second-order valence-electron chi connectivity index (χ2n) is 3.22. The van der Waals surface area contributed by atoms with Gasteiger partial charge in [0.15, 0.2) is 6.61 Å². The number of esters is 1. The van der Waals surface area contributed by atoms with Gasteiger partial charge < -0.3 is 14.6 Å². The van der Waals surface area contributed by atoms with Crippen molar-refractivity contribution in [2.75, 3.05) is 13.7 Å². The minimum Gasteiger partial charge on any atom is -0.481 e. The number of carboxylic acid groups (broad SMARTS) is 1. The molecule has 0 saturated heterocycles. The van der Waals surface area contributed by atoms with Crippen LogP contribution in [0.15, 0.2) is 28.7 Å². The van der Waals surface area contributed by atoms with Crippen LogP contribution in [0, 0.1) is 0 Å². The minimum absolute atomic E-state index is 0.230. The fourth-order valence-electron chi connectivity index (χ4n) is 1.14. The van der Waals surface area contributed by atoms with Crippen LogP contribution in [-0.2, 0) is 14.3 Å². The first-order valence-corrected chi connectivity index (χ1v) is 5.72. The van der Waals surface area contributed by atoms with E-state index in [1.807, 2.05) is 0 Å². The summed E-state index contributed by atoms with van der Waals surface area (Å²) in [5, 5.41) is 8.58. The van der Waals surface area contributed by atoms with Crippen LogP contribution in [0.25, 0.3) is 6.08 Å². The summed E-state index contributed by atoms with van der Waals surface area (Å²) < 4.78 is 10.5. The highest BCUT2D eigenvalue weighted by atomic mass is 79.9. The van der Waals surface area contributed by atoms with Gasteiger partial charge in [-0.15, -0.1) is 0 Å². The molecule has 0 fully saturated rings. The number of aliphatic carboxylic acids is 1. The monoisotopic (exact) mass is 314 g/mol. The highest BCUT2D eigenvalue weighted by molar-refractivity contribution is 9.10. The van der Waals surface area contributed by atoms with Crippen LogP contribution in [0.5, 0.6) is 5.75 Å². The molecule has 0 amide bonds. The van der Waals surface area contributed by atoms with E-state index in [2.05, 4.69) is 20.7 Å². The van der Waals surface area contributed by atoms with Crippen LogP contribution >= 0.6 is 15.9 Å². The largest absolute Gasteiger partial charge is 0.481 e. The Morgan fingerprint density at radius 3 is 2.78 bits per heavy atom. The third-order valence-electron chi connectivity index (χ3n) is 1.95. The molecular formula is C12H11BrO5. The highest BCUT2D eigenvalue weighted by Crippen LogP contribution is 2.24. The maximum atomic E-state index is 11.0. The summed E-state index contributed by atoms with van der Waals surface area (Å²) in [6.45, 7) is -0.230. The summed E-state index contributed by atoms with van der Waals surface area (Å²) in [4.78, 5) is 21.4. The second kappa shape index (κ2) is 6.80. The smallest absolute Gasteiger partial charge is 0.343 e. The lowest BCUT2D eigenvalue weighted by Crippen LogP contribution is -2.13. The third kappa shape index (κ3) is 4.58. The fourth-order valence-corrected chi connectivity index (χ4v) is 1.52. The van der Waals surface area contributed by atoms with E-state index in [0.717, 1.165) is 10.5 Å². The second-order valence-corrected chi connectivity index (χ2v) is 4.13. The number of ether oxygens (including phenoxy) is 2. The Morgan fingerprint density at radius 1 is 1.44 bits per heavy atom. The number of rotatable bonds is 5. The molecule has 0 aromatic heterocycles. The predicted molar refractivity (Wildman–Crippen MR) is 68.3 cm³/mol. The maximum Gasteiger partial charge on any atom is 0.343 e. The molecule has 5 nitrogen and oxygen atoms in total. The van der Waals surface area contributed by atoms with Crippen molar-refractivity contribution >= 4 is 33.9 Å². The molecule has 0 unspecified atom stereocenters. The van der Waals surface area contributed by atoms with Crippen molar-refractivity contribution in [2.24, 2.45) is 0 Å². The lowest BCUT2D eigenvalue weighted by atomic mass is 10.2. The maximum absolute atomic E-state index is 11.0. The zero-order valence-corrected chi connectivity index (χ0v) is 11.1.